The van der Waals surface area contributed by atoms with Crippen LogP contribution in [0.3, 0.4) is 0 Å². The topological polar surface area (TPSA) is 26.0 Å². The SMILES string of the molecule is CCCC[C](CCCC)(CCCC)[Sn][c]1cc2ccncc2o1. The van der Waals surface area contributed by atoms with E-state index in [9.17, 15) is 0 Å². The molecule has 0 aliphatic heterocycles. The van der Waals surface area contributed by atoms with Gasteiger partial charge in [0.2, 0.25) is 0 Å². The Hall–Kier alpha value is -0.511. The minimum absolute atomic E-state index is 0.590. The Morgan fingerprint density at radius 1 is 1.00 bits per heavy atom. The van der Waals surface area contributed by atoms with Gasteiger partial charge in [-0.1, -0.05) is 0 Å². The first-order valence-electron chi connectivity index (χ1n) is 9.34. The molecule has 0 saturated heterocycles. The van der Waals surface area contributed by atoms with Crippen LogP contribution < -0.4 is 3.78 Å². The van der Waals surface area contributed by atoms with E-state index in [0.717, 1.165) is 5.58 Å². The van der Waals surface area contributed by atoms with Gasteiger partial charge in [0.05, 0.1) is 0 Å². The third kappa shape index (κ3) is 5.51. The summed E-state index contributed by atoms with van der Waals surface area (Å²) in [4.78, 5) is 4.20. The Morgan fingerprint density at radius 3 is 2.13 bits per heavy atom. The summed E-state index contributed by atoms with van der Waals surface area (Å²) in [7, 11) is 0. The Morgan fingerprint density at radius 2 is 1.61 bits per heavy atom. The molecular weight excluding hydrogens is 389 g/mol. The Balaban J connectivity index is 2.21. The van der Waals surface area contributed by atoms with Crippen LogP contribution >= 0.6 is 0 Å². The van der Waals surface area contributed by atoms with Crippen LogP contribution in [0.15, 0.2) is 28.9 Å². The molecule has 126 valence electrons. The van der Waals surface area contributed by atoms with Gasteiger partial charge in [0, 0.05) is 0 Å². The van der Waals surface area contributed by atoms with Gasteiger partial charge in [0.25, 0.3) is 0 Å². The van der Waals surface area contributed by atoms with Crippen LogP contribution in [0.5, 0.6) is 0 Å². The van der Waals surface area contributed by atoms with E-state index >= 15 is 0 Å². The zero-order valence-electron chi connectivity index (χ0n) is 15.0. The molecule has 0 amide bonds. The van der Waals surface area contributed by atoms with Crippen molar-refractivity contribution in [3.63, 3.8) is 0 Å². The molecule has 0 aliphatic carbocycles. The number of rotatable bonds is 11. The van der Waals surface area contributed by atoms with Gasteiger partial charge in [0.15, 0.2) is 0 Å². The van der Waals surface area contributed by atoms with Gasteiger partial charge in [-0.2, -0.15) is 0 Å². The molecule has 0 aliphatic rings. The summed E-state index contributed by atoms with van der Waals surface area (Å²) >= 11 is -0.756. The predicted octanol–water partition coefficient (Wildman–Crippen LogP) is 5.89. The number of nitrogens with zero attached hydrogens (tertiary/aromatic N) is 1. The maximum absolute atomic E-state index is 6.18. The van der Waals surface area contributed by atoms with Crippen LogP contribution in [-0.4, -0.2) is 26.1 Å². The molecule has 0 saturated carbocycles. The van der Waals surface area contributed by atoms with Crippen molar-refractivity contribution in [3.05, 3.63) is 24.5 Å². The van der Waals surface area contributed by atoms with Crippen molar-refractivity contribution in [2.75, 3.05) is 0 Å². The predicted molar refractivity (Wildman–Crippen MR) is 101 cm³/mol. The summed E-state index contributed by atoms with van der Waals surface area (Å²) in [6.45, 7) is 6.97. The summed E-state index contributed by atoms with van der Waals surface area (Å²) in [6.07, 6.45) is 16.0. The van der Waals surface area contributed by atoms with Crippen LogP contribution in [0.2, 0.25) is 3.43 Å². The molecule has 0 atom stereocenters. The van der Waals surface area contributed by atoms with Crippen molar-refractivity contribution in [3.8, 4) is 0 Å². The van der Waals surface area contributed by atoms with E-state index < -0.39 is 21.1 Å². The molecule has 2 nitrogen and oxygen atoms in total. The Bertz CT molecular complexity index is 523. The first-order valence-corrected chi connectivity index (χ1v) is 12.2. The van der Waals surface area contributed by atoms with Gasteiger partial charge in [-0.25, -0.2) is 0 Å². The summed E-state index contributed by atoms with van der Waals surface area (Å²) in [5.41, 5.74) is 0.971. The quantitative estimate of drug-likeness (QED) is 0.424. The van der Waals surface area contributed by atoms with Gasteiger partial charge in [-0.3, -0.25) is 0 Å². The second kappa shape index (κ2) is 9.70. The molecule has 0 N–H and O–H groups in total. The Kier molecular flexibility index (Phi) is 7.94. The molecule has 23 heavy (non-hydrogen) atoms. The first kappa shape index (κ1) is 18.8. The van der Waals surface area contributed by atoms with Crippen molar-refractivity contribution in [2.45, 2.75) is 82.0 Å². The normalized spacial score (nSPS) is 12.1. The average molecular weight is 420 g/mol. The fourth-order valence-corrected chi connectivity index (χ4v) is 8.50. The molecular formula is C20H31NOSn. The van der Waals surface area contributed by atoms with Crippen LogP contribution in [0, 0.1) is 0 Å². The van der Waals surface area contributed by atoms with Gasteiger partial charge in [-0.05, 0) is 0 Å². The molecule has 0 bridgehead atoms. The number of aromatic nitrogens is 1. The molecule has 2 radical (unpaired) electrons. The van der Waals surface area contributed by atoms with E-state index in [1.165, 1.54) is 66.9 Å². The fraction of sp³-hybridized carbons (Fsp3) is 0.650. The zero-order valence-corrected chi connectivity index (χ0v) is 17.9. The van der Waals surface area contributed by atoms with Gasteiger partial charge >= 0.3 is 152 Å². The molecule has 2 heterocycles. The molecule has 0 fully saturated rings. The van der Waals surface area contributed by atoms with Crippen LogP contribution in [-0.2, 0) is 0 Å². The number of fused-ring (bicyclic) bond motifs is 1. The minimum atomic E-state index is -0.756. The number of unbranched alkanes of at least 4 members (excludes halogenated alkanes) is 3. The number of hydrogen-bond acceptors (Lipinski definition) is 2. The molecule has 2 aromatic rings. The van der Waals surface area contributed by atoms with E-state index in [-0.39, 0.29) is 0 Å². The van der Waals surface area contributed by atoms with Crippen molar-refractivity contribution in [1.29, 1.82) is 0 Å². The summed E-state index contributed by atoms with van der Waals surface area (Å²) < 4.78 is 8.09. The van der Waals surface area contributed by atoms with Crippen LogP contribution in [0.25, 0.3) is 11.0 Å². The monoisotopic (exact) mass is 421 g/mol. The fourth-order valence-electron chi connectivity index (χ4n) is 3.32. The third-order valence-corrected chi connectivity index (χ3v) is 9.80. The zero-order chi connectivity index (χ0) is 16.5. The first-order chi connectivity index (χ1) is 11.2. The molecule has 2 rings (SSSR count). The van der Waals surface area contributed by atoms with Gasteiger partial charge in [-0.15, -0.1) is 0 Å². The van der Waals surface area contributed by atoms with Gasteiger partial charge in [0.1, 0.15) is 0 Å². The number of furan rings is 1. The molecule has 0 aromatic carbocycles. The summed E-state index contributed by atoms with van der Waals surface area (Å²) in [5, 5.41) is 1.23. The molecule has 2 aromatic heterocycles. The van der Waals surface area contributed by atoms with E-state index in [4.69, 9.17) is 4.42 Å². The molecule has 0 spiro atoms. The van der Waals surface area contributed by atoms with E-state index in [1.807, 2.05) is 12.4 Å². The average Bonchev–Trinajstić information content (AvgIpc) is 2.98. The summed E-state index contributed by atoms with van der Waals surface area (Å²) in [6, 6.07) is 4.38. The number of pyridine rings is 1. The standard InChI is InChI=1S/C13H27.C7H4NO.Sn/c1-4-7-10-13(11-8-5-2)12-9-6-3;1-3-8-5-7-6(1)2-4-9-7;/h4-12H2,1-3H3;1-3,5H;. The van der Waals surface area contributed by atoms with Crippen molar-refractivity contribution in [1.82, 2.24) is 4.98 Å². The van der Waals surface area contributed by atoms with Gasteiger partial charge < -0.3 is 0 Å². The van der Waals surface area contributed by atoms with E-state index in [2.05, 4.69) is 37.9 Å². The third-order valence-electron chi connectivity index (χ3n) is 4.74. The van der Waals surface area contributed by atoms with E-state index in [1.54, 1.807) is 0 Å². The maximum atomic E-state index is 6.18. The van der Waals surface area contributed by atoms with E-state index in [0.29, 0.717) is 3.43 Å². The second-order valence-corrected chi connectivity index (χ2v) is 11.9. The summed E-state index contributed by atoms with van der Waals surface area (Å²) in [5.74, 6) is 0. The molecule has 3 heteroatoms. The second-order valence-electron chi connectivity index (χ2n) is 6.74. The number of hydrogen-bond donors (Lipinski definition) is 0. The molecule has 0 unspecified atom stereocenters. The van der Waals surface area contributed by atoms with Crippen LogP contribution in [0.1, 0.15) is 78.6 Å². The Labute approximate surface area is 151 Å². The van der Waals surface area contributed by atoms with Crippen molar-refractivity contribution >= 4 is 35.9 Å². The van der Waals surface area contributed by atoms with Crippen LogP contribution in [0.4, 0.5) is 0 Å². The van der Waals surface area contributed by atoms with Crippen molar-refractivity contribution < 1.29 is 4.42 Å². The van der Waals surface area contributed by atoms with Crippen molar-refractivity contribution in [2.24, 2.45) is 0 Å².